The van der Waals surface area contributed by atoms with Gasteiger partial charge < -0.3 is 20.1 Å². The van der Waals surface area contributed by atoms with Crippen LogP contribution in [0.3, 0.4) is 0 Å². The van der Waals surface area contributed by atoms with E-state index < -0.39 is 60.5 Å². The van der Waals surface area contributed by atoms with Crippen LogP contribution in [-0.4, -0.2) is 33.9 Å². The lowest BCUT2D eigenvalue weighted by Crippen LogP contribution is -2.26. The van der Waals surface area contributed by atoms with Crippen molar-refractivity contribution in [2.24, 2.45) is 11.8 Å². The van der Waals surface area contributed by atoms with Crippen molar-refractivity contribution < 1.29 is 56.0 Å². The number of carbonyl (C=O) groups excluding carboxylic acids is 1. The number of aliphatic carboxylic acids is 1. The fourth-order valence-electron chi connectivity index (χ4n) is 4.80. The molecule has 12 heteroatoms. The summed E-state index contributed by atoms with van der Waals surface area (Å²) in [6.45, 7) is 1.80. The molecular weight excluding hydrogens is 642 g/mol. The average Bonchev–Trinajstić information content (AvgIpc) is 3.07. The van der Waals surface area contributed by atoms with Crippen LogP contribution in [0.25, 0.3) is 0 Å². The summed E-state index contributed by atoms with van der Waals surface area (Å²) in [5.74, 6) is -4.86. The fourth-order valence-corrected chi connectivity index (χ4v) is 4.80. The van der Waals surface area contributed by atoms with E-state index in [0.29, 0.717) is 16.7 Å². The second-order valence-corrected chi connectivity index (χ2v) is 10.8. The Balaban J connectivity index is 0.000000261. The molecule has 256 valence electrons. The predicted octanol–water partition coefficient (Wildman–Crippen LogP) is 7.96. The molecule has 0 heterocycles. The molecule has 4 rings (SSSR count). The van der Waals surface area contributed by atoms with Crippen molar-refractivity contribution in [1.82, 2.24) is 0 Å². The van der Waals surface area contributed by atoms with Crippen molar-refractivity contribution in [3.8, 4) is 0 Å². The Morgan fingerprint density at radius 2 is 0.917 bits per heavy atom. The zero-order chi connectivity index (χ0) is 35.4. The van der Waals surface area contributed by atoms with Crippen molar-refractivity contribution in [2.75, 3.05) is 6.61 Å². The molecule has 4 unspecified atom stereocenters. The molecule has 0 radical (unpaired) electrons. The Bertz CT molecular complexity index is 1580. The summed E-state index contributed by atoms with van der Waals surface area (Å²) in [4.78, 5) is 23.6. The van der Waals surface area contributed by atoms with Crippen molar-refractivity contribution in [3.05, 3.63) is 142 Å². The van der Waals surface area contributed by atoms with E-state index >= 15 is 0 Å². The fraction of sp³-hybridized carbons (Fsp3) is 0.278. The SMILES string of the molecule is CCOC(=O)C(Cc1ccc(C(F)F)cc1)C(O)c1ccc(F)cc1.O=C(O)C(Cc1ccc(C(F)F)cc1)C(O)c1ccc(F)cc1. The van der Waals surface area contributed by atoms with E-state index in [1.807, 2.05) is 0 Å². The lowest BCUT2D eigenvalue weighted by Gasteiger charge is -2.22. The van der Waals surface area contributed by atoms with Gasteiger partial charge in [-0.2, -0.15) is 0 Å². The summed E-state index contributed by atoms with van der Waals surface area (Å²) in [5.41, 5.74) is 1.52. The van der Waals surface area contributed by atoms with Crippen LogP contribution in [0.4, 0.5) is 26.3 Å². The van der Waals surface area contributed by atoms with E-state index in [4.69, 9.17) is 4.74 Å². The van der Waals surface area contributed by atoms with Crippen LogP contribution in [0.1, 0.15) is 65.4 Å². The van der Waals surface area contributed by atoms with Crippen LogP contribution >= 0.6 is 0 Å². The molecule has 0 aromatic heterocycles. The molecule has 4 aromatic carbocycles. The third-order valence-electron chi connectivity index (χ3n) is 7.47. The molecule has 0 saturated heterocycles. The highest BCUT2D eigenvalue weighted by Crippen LogP contribution is 2.29. The van der Waals surface area contributed by atoms with E-state index in [-0.39, 0.29) is 36.1 Å². The van der Waals surface area contributed by atoms with Crippen molar-refractivity contribution in [1.29, 1.82) is 0 Å². The molecule has 0 saturated carbocycles. The molecule has 0 aliphatic rings. The number of halogens is 6. The van der Waals surface area contributed by atoms with Crippen LogP contribution in [-0.2, 0) is 27.2 Å². The van der Waals surface area contributed by atoms with Gasteiger partial charge in [-0.25, -0.2) is 26.3 Å². The molecule has 48 heavy (non-hydrogen) atoms. The summed E-state index contributed by atoms with van der Waals surface area (Å²) >= 11 is 0. The van der Waals surface area contributed by atoms with Crippen LogP contribution in [0.5, 0.6) is 0 Å². The molecule has 0 fully saturated rings. The number of ether oxygens (including phenoxy) is 1. The molecule has 3 N–H and O–H groups in total. The molecule has 4 aromatic rings. The highest BCUT2D eigenvalue weighted by molar-refractivity contribution is 5.74. The molecule has 0 spiro atoms. The van der Waals surface area contributed by atoms with E-state index in [0.717, 1.165) is 12.1 Å². The normalized spacial score (nSPS) is 13.6. The number of alkyl halides is 4. The largest absolute Gasteiger partial charge is 0.481 e. The van der Waals surface area contributed by atoms with Gasteiger partial charge in [-0.15, -0.1) is 0 Å². The van der Waals surface area contributed by atoms with Gasteiger partial charge in [0.05, 0.1) is 30.7 Å². The lowest BCUT2D eigenvalue weighted by atomic mass is 9.89. The quantitative estimate of drug-likeness (QED) is 0.0981. The molecular formula is C36H34F6O6. The first-order chi connectivity index (χ1) is 22.8. The summed E-state index contributed by atoms with van der Waals surface area (Å²) in [6, 6.07) is 20.9. The van der Waals surface area contributed by atoms with Gasteiger partial charge in [0.1, 0.15) is 11.6 Å². The smallest absolute Gasteiger partial charge is 0.312 e. The molecule has 0 aliphatic heterocycles. The number of hydrogen-bond acceptors (Lipinski definition) is 5. The third-order valence-corrected chi connectivity index (χ3v) is 7.47. The van der Waals surface area contributed by atoms with E-state index in [9.17, 15) is 51.3 Å². The van der Waals surface area contributed by atoms with E-state index in [1.165, 1.54) is 84.9 Å². The third kappa shape index (κ3) is 11.0. The van der Waals surface area contributed by atoms with Crippen molar-refractivity contribution in [3.63, 3.8) is 0 Å². The van der Waals surface area contributed by atoms with Gasteiger partial charge in [-0.05, 0) is 66.3 Å². The number of rotatable bonds is 13. The first-order valence-electron chi connectivity index (χ1n) is 14.8. The minimum absolute atomic E-state index is 0.0304. The van der Waals surface area contributed by atoms with Crippen LogP contribution in [0, 0.1) is 23.5 Å². The zero-order valence-corrected chi connectivity index (χ0v) is 25.7. The number of benzene rings is 4. The highest BCUT2D eigenvalue weighted by Gasteiger charge is 2.30. The maximum absolute atomic E-state index is 13.0. The minimum atomic E-state index is -2.59. The number of carboxylic acid groups (broad SMARTS) is 1. The van der Waals surface area contributed by atoms with Crippen molar-refractivity contribution in [2.45, 2.75) is 44.8 Å². The summed E-state index contributed by atoms with van der Waals surface area (Å²) in [6.07, 6.45) is -7.61. The van der Waals surface area contributed by atoms with Gasteiger partial charge in [0.15, 0.2) is 0 Å². The van der Waals surface area contributed by atoms with Crippen LogP contribution in [0.2, 0.25) is 0 Å². The number of aliphatic hydroxyl groups is 2. The van der Waals surface area contributed by atoms with Crippen LogP contribution in [0.15, 0.2) is 97.1 Å². The number of esters is 1. The van der Waals surface area contributed by atoms with Gasteiger partial charge >= 0.3 is 11.9 Å². The lowest BCUT2D eigenvalue weighted by molar-refractivity contribution is -0.152. The minimum Gasteiger partial charge on any atom is -0.481 e. The van der Waals surface area contributed by atoms with Gasteiger partial charge in [0.2, 0.25) is 0 Å². The van der Waals surface area contributed by atoms with Gasteiger partial charge in [0, 0.05) is 11.1 Å². The Morgan fingerprint density at radius 3 is 1.25 bits per heavy atom. The topological polar surface area (TPSA) is 104 Å². The predicted molar refractivity (Wildman–Crippen MR) is 164 cm³/mol. The second-order valence-electron chi connectivity index (χ2n) is 10.8. The number of aliphatic hydroxyl groups excluding tert-OH is 2. The summed E-state index contributed by atoms with van der Waals surface area (Å²) in [5, 5.41) is 30.1. The number of hydrogen-bond donors (Lipinski definition) is 3. The maximum atomic E-state index is 13.0. The van der Waals surface area contributed by atoms with Gasteiger partial charge in [-0.1, -0.05) is 72.8 Å². The van der Waals surface area contributed by atoms with Crippen LogP contribution < -0.4 is 0 Å². The molecule has 0 bridgehead atoms. The van der Waals surface area contributed by atoms with Gasteiger partial charge in [-0.3, -0.25) is 9.59 Å². The Morgan fingerprint density at radius 1 is 0.583 bits per heavy atom. The van der Waals surface area contributed by atoms with Crippen molar-refractivity contribution >= 4 is 11.9 Å². The average molecular weight is 677 g/mol. The zero-order valence-electron chi connectivity index (χ0n) is 25.7. The summed E-state index contributed by atoms with van der Waals surface area (Å²) < 4.78 is 81.2. The number of carbonyl (C=O) groups is 2. The first kappa shape index (κ1) is 37.8. The molecule has 0 amide bonds. The molecule has 6 nitrogen and oxygen atoms in total. The van der Waals surface area contributed by atoms with Gasteiger partial charge in [0.25, 0.3) is 12.9 Å². The summed E-state index contributed by atoms with van der Waals surface area (Å²) in [7, 11) is 0. The molecule has 0 aliphatic carbocycles. The first-order valence-corrected chi connectivity index (χ1v) is 14.8. The second kappa shape index (κ2) is 18.0. The maximum Gasteiger partial charge on any atom is 0.312 e. The standard InChI is InChI=1S/C19H19F3O3.C17H15F3O3/c1-2-25-19(24)16(17(23)13-7-9-15(20)10-8-13)11-12-3-5-14(6-4-12)18(21)22;18-13-7-5-11(6-8-13)15(21)14(17(22)23)9-10-1-3-12(4-2-10)16(19)20/h3-10,16-18,23H,2,11H2,1H3;1-8,14-16,21H,9H2,(H,22,23). The molecule has 4 atom stereocenters. The van der Waals surface area contributed by atoms with E-state index in [1.54, 1.807) is 6.92 Å². The van der Waals surface area contributed by atoms with E-state index in [2.05, 4.69) is 0 Å². The monoisotopic (exact) mass is 676 g/mol. The highest BCUT2D eigenvalue weighted by atomic mass is 19.3. The Labute approximate surface area is 273 Å². The Kier molecular flexibility index (Phi) is 14.2. The number of carboxylic acids is 1. The Hall–Kier alpha value is -4.68.